The fourth-order valence-corrected chi connectivity index (χ4v) is 13.8. The smallest absolute Gasteiger partial charge is 0.187 e. The first-order chi connectivity index (χ1) is 31.7. The van der Waals surface area contributed by atoms with Gasteiger partial charge in [0.05, 0.1) is 56.4 Å². The molecule has 0 spiro atoms. The van der Waals surface area contributed by atoms with E-state index in [0.717, 1.165) is 19.3 Å². The summed E-state index contributed by atoms with van der Waals surface area (Å²) < 4.78 is 36.1. The Kier molecular flexibility index (Phi) is 17.7. The summed E-state index contributed by atoms with van der Waals surface area (Å²) >= 11 is 0. The van der Waals surface area contributed by atoms with Gasteiger partial charge in [0, 0.05) is 10.8 Å². The first-order valence-corrected chi connectivity index (χ1v) is 24.9. The predicted molar refractivity (Wildman–Crippen MR) is 242 cm³/mol. The second-order valence-corrected chi connectivity index (χ2v) is 23.1. The zero-order valence-electron chi connectivity index (χ0n) is 41.5. The van der Waals surface area contributed by atoms with E-state index in [4.69, 9.17) is 28.4 Å². The molecule has 2 aliphatic heterocycles. The van der Waals surface area contributed by atoms with Crippen molar-refractivity contribution < 1.29 is 94.8 Å². The third-order valence-electron chi connectivity index (χ3n) is 18.3. The molecule has 396 valence electrons. The maximum Gasteiger partial charge on any atom is 0.187 e. The highest BCUT2D eigenvalue weighted by Gasteiger charge is 2.70. The van der Waals surface area contributed by atoms with E-state index < -0.39 is 141 Å². The number of aliphatic hydroxyl groups is 13. The van der Waals surface area contributed by atoms with Crippen molar-refractivity contribution in [2.45, 2.75) is 224 Å². The highest BCUT2D eigenvalue weighted by atomic mass is 16.8. The summed E-state index contributed by atoms with van der Waals surface area (Å²) in [6, 6.07) is 0. The van der Waals surface area contributed by atoms with Crippen LogP contribution in [0.5, 0.6) is 0 Å². The van der Waals surface area contributed by atoms with Crippen molar-refractivity contribution in [2.24, 2.45) is 45.3 Å². The molecular formula is C49H86O19. The number of aliphatic hydroxyl groups excluding tert-OH is 12. The van der Waals surface area contributed by atoms with Crippen LogP contribution >= 0.6 is 0 Å². The Balaban J connectivity index is 1.18. The lowest BCUT2D eigenvalue weighted by Gasteiger charge is -2.67. The second-order valence-electron chi connectivity index (χ2n) is 23.1. The molecule has 3 saturated carbocycles. The van der Waals surface area contributed by atoms with Gasteiger partial charge in [0.25, 0.3) is 0 Å². The van der Waals surface area contributed by atoms with Crippen LogP contribution in [0.2, 0.25) is 0 Å². The molecule has 2 saturated heterocycles. The number of hydrogen-bond acceptors (Lipinski definition) is 19. The summed E-state index contributed by atoms with van der Waals surface area (Å²) in [4.78, 5) is 0. The van der Waals surface area contributed by atoms with Gasteiger partial charge >= 0.3 is 0 Å². The van der Waals surface area contributed by atoms with Gasteiger partial charge in [0.1, 0.15) is 61.0 Å². The van der Waals surface area contributed by atoms with Crippen LogP contribution in [0.15, 0.2) is 11.6 Å². The van der Waals surface area contributed by atoms with E-state index in [1.54, 1.807) is 20.8 Å². The molecular weight excluding hydrogens is 893 g/mol. The SMILES string of the molecule is CC(CO)O[C@@H](OC1CC[C@@H]2C(=CC[C@@H]3[C@@]2(C)[C@H](O)C[C@]2(C)[C@@H]([C@H](C)CCC(O[C@@H]4OC(CO)[C@@H](O)[C@H](O)C4O[C@@H]4OC(CO)[C@@H](O)[C@H](O)C4O)C(C)(C)O)CC[C@@]32C)C1(C)C)C(O)[C@@H](O)CO. The molecule has 8 unspecified atom stereocenters. The minimum Gasteiger partial charge on any atom is -0.394 e. The quantitative estimate of drug-likeness (QED) is 0.0578. The minimum atomic E-state index is -1.83. The maximum atomic E-state index is 12.6. The van der Waals surface area contributed by atoms with Gasteiger partial charge in [0.2, 0.25) is 0 Å². The first kappa shape index (κ1) is 56.3. The molecule has 24 atom stereocenters. The molecule has 0 aromatic heterocycles. The van der Waals surface area contributed by atoms with Crippen LogP contribution < -0.4 is 0 Å². The number of rotatable bonds is 19. The van der Waals surface area contributed by atoms with Gasteiger partial charge in [0.15, 0.2) is 18.9 Å². The molecule has 2 heterocycles. The van der Waals surface area contributed by atoms with E-state index >= 15 is 0 Å². The Hall–Kier alpha value is -1.02. The van der Waals surface area contributed by atoms with E-state index in [2.05, 4.69) is 47.6 Å². The Labute approximate surface area is 401 Å². The molecule has 0 aromatic carbocycles. The summed E-state index contributed by atoms with van der Waals surface area (Å²) in [5, 5.41) is 138. The van der Waals surface area contributed by atoms with Gasteiger partial charge < -0.3 is 94.8 Å². The molecule has 6 aliphatic rings. The summed E-state index contributed by atoms with van der Waals surface area (Å²) in [5.41, 5.74) is -1.75. The zero-order chi connectivity index (χ0) is 50.6. The molecule has 5 fully saturated rings. The fourth-order valence-electron chi connectivity index (χ4n) is 13.8. The molecule has 0 amide bonds. The van der Waals surface area contributed by atoms with Crippen molar-refractivity contribution in [3.8, 4) is 0 Å². The van der Waals surface area contributed by atoms with Gasteiger partial charge in [-0.25, -0.2) is 0 Å². The number of allylic oxidation sites excluding steroid dienone is 1. The Morgan fingerprint density at radius 3 is 1.96 bits per heavy atom. The number of fused-ring (bicyclic) bond motifs is 5. The maximum absolute atomic E-state index is 12.6. The van der Waals surface area contributed by atoms with Crippen LogP contribution in [0.1, 0.15) is 114 Å². The van der Waals surface area contributed by atoms with Crippen molar-refractivity contribution >= 4 is 0 Å². The molecule has 19 nitrogen and oxygen atoms in total. The van der Waals surface area contributed by atoms with Gasteiger partial charge in [-0.15, -0.1) is 0 Å². The van der Waals surface area contributed by atoms with Gasteiger partial charge in [-0.1, -0.05) is 53.2 Å². The lowest BCUT2D eigenvalue weighted by atomic mass is 9.38. The predicted octanol–water partition coefficient (Wildman–Crippen LogP) is -0.418. The lowest BCUT2D eigenvalue weighted by Crippen LogP contribution is -2.65. The van der Waals surface area contributed by atoms with Gasteiger partial charge in [-0.2, -0.15) is 0 Å². The largest absolute Gasteiger partial charge is 0.394 e. The normalized spacial score (nSPS) is 45.5. The van der Waals surface area contributed by atoms with E-state index in [0.29, 0.717) is 32.1 Å². The van der Waals surface area contributed by atoms with Crippen LogP contribution in [-0.2, 0) is 28.4 Å². The summed E-state index contributed by atoms with van der Waals surface area (Å²) in [5.74, 6) is 0.451. The van der Waals surface area contributed by atoms with Crippen molar-refractivity contribution in [3.05, 3.63) is 11.6 Å². The first-order valence-electron chi connectivity index (χ1n) is 24.9. The van der Waals surface area contributed by atoms with Crippen LogP contribution in [0.25, 0.3) is 0 Å². The van der Waals surface area contributed by atoms with Gasteiger partial charge in [-0.05, 0) is 107 Å². The van der Waals surface area contributed by atoms with E-state index in [-0.39, 0.29) is 41.1 Å². The van der Waals surface area contributed by atoms with Crippen LogP contribution in [-0.4, -0.2) is 203 Å². The molecule has 0 aromatic rings. The van der Waals surface area contributed by atoms with Crippen molar-refractivity contribution in [1.29, 1.82) is 0 Å². The highest BCUT2D eigenvalue weighted by Crippen LogP contribution is 2.75. The monoisotopic (exact) mass is 979 g/mol. The second kappa shape index (κ2) is 21.4. The molecule has 68 heavy (non-hydrogen) atoms. The average molecular weight is 979 g/mol. The van der Waals surface area contributed by atoms with Crippen LogP contribution in [0.4, 0.5) is 0 Å². The number of ether oxygens (including phenoxy) is 6. The molecule has 4 aliphatic carbocycles. The fraction of sp³-hybridized carbons (Fsp3) is 0.959. The highest BCUT2D eigenvalue weighted by molar-refractivity contribution is 5.32. The molecule has 13 N–H and O–H groups in total. The third-order valence-corrected chi connectivity index (χ3v) is 18.3. The number of hydrogen-bond donors (Lipinski definition) is 13. The Morgan fingerprint density at radius 2 is 1.37 bits per heavy atom. The van der Waals surface area contributed by atoms with E-state index in [9.17, 15) is 66.4 Å². The zero-order valence-corrected chi connectivity index (χ0v) is 41.5. The molecule has 0 bridgehead atoms. The topological polar surface area (TPSA) is 318 Å². The summed E-state index contributed by atoms with van der Waals surface area (Å²) in [7, 11) is 0. The average Bonchev–Trinajstić information content (AvgIpc) is 3.56. The molecule has 0 radical (unpaired) electrons. The minimum absolute atomic E-state index is 0.0397. The Bertz CT molecular complexity index is 1680. The van der Waals surface area contributed by atoms with Gasteiger partial charge in [-0.3, -0.25) is 0 Å². The van der Waals surface area contributed by atoms with E-state index in [1.165, 1.54) is 5.57 Å². The lowest BCUT2D eigenvalue weighted by molar-refractivity contribution is -0.375. The van der Waals surface area contributed by atoms with E-state index in [1.807, 2.05) is 0 Å². The van der Waals surface area contributed by atoms with Crippen LogP contribution in [0.3, 0.4) is 0 Å². The van der Waals surface area contributed by atoms with Crippen molar-refractivity contribution in [2.75, 3.05) is 26.4 Å². The van der Waals surface area contributed by atoms with Crippen molar-refractivity contribution in [3.63, 3.8) is 0 Å². The van der Waals surface area contributed by atoms with Crippen molar-refractivity contribution in [1.82, 2.24) is 0 Å². The summed E-state index contributed by atoms with van der Waals surface area (Å²) in [6.07, 6.45) is -15.6. The third kappa shape index (κ3) is 10.1. The molecule has 6 rings (SSSR count). The van der Waals surface area contributed by atoms with Crippen LogP contribution in [0, 0.1) is 45.3 Å². The molecule has 19 heteroatoms. The summed E-state index contributed by atoms with van der Waals surface area (Å²) in [6.45, 7) is 15.7. The standard InChI is InChI=1S/C49H86O19/c1-23(10-14-34(46(5,6)62)67-44-41(39(60)37(58)30(22-53)65-44)68-43-40(61)38(59)36(57)29(21-52)64-43)25-16-17-47(7)31-13-11-26-27(49(31,9)32(55)18-48(25,47)8)12-15-33(45(26,3)4)66-42(63-24(2)19-50)35(56)28(54)20-51/h11,23-25,27-44,50-62H,10,12-22H2,1-9H3/t23-,24?,25-,27-,28+,29?,30?,31+,32-,33?,34?,35?,36-,37-,38+,39+,40?,41?,42+,43+,44+,47+,48-,49+/m1/s1. The Morgan fingerprint density at radius 1 is 0.750 bits per heavy atom.